The number of hydrogen-bond donors (Lipinski definition) is 1. The Bertz CT molecular complexity index is 545. The maximum atomic E-state index is 6.21. The Balaban J connectivity index is 1.68. The molecule has 0 saturated carbocycles. The summed E-state index contributed by atoms with van der Waals surface area (Å²) in [6.45, 7) is 0.489. The van der Waals surface area contributed by atoms with E-state index in [-0.39, 0.29) is 12.1 Å². The summed E-state index contributed by atoms with van der Waals surface area (Å²) in [5.74, 6) is 1.55. The lowest BCUT2D eigenvalue weighted by Gasteiger charge is -2.30. The average Bonchev–Trinajstić information content (AvgIpc) is 2.48. The lowest BCUT2D eigenvalue weighted by atomic mass is 10.0. The highest BCUT2D eigenvalue weighted by Crippen LogP contribution is 2.31. The number of rotatable bonds is 3. The lowest BCUT2D eigenvalue weighted by Crippen LogP contribution is -2.46. The van der Waals surface area contributed by atoms with Gasteiger partial charge in [0, 0.05) is 18.4 Å². The van der Waals surface area contributed by atoms with E-state index in [1.165, 1.54) is 0 Å². The van der Waals surface area contributed by atoms with E-state index in [1.807, 2.05) is 36.4 Å². The van der Waals surface area contributed by atoms with Crippen molar-refractivity contribution in [2.45, 2.75) is 18.6 Å². The highest BCUT2D eigenvalue weighted by molar-refractivity contribution is 5.40. The van der Waals surface area contributed by atoms with Crippen molar-refractivity contribution in [3.05, 3.63) is 54.4 Å². The first-order valence-corrected chi connectivity index (χ1v) is 6.36. The van der Waals surface area contributed by atoms with Crippen LogP contribution in [0.4, 0.5) is 0 Å². The Hall–Kier alpha value is -2.07. The van der Waals surface area contributed by atoms with E-state index in [0.29, 0.717) is 6.61 Å². The number of pyridine rings is 1. The van der Waals surface area contributed by atoms with Gasteiger partial charge in [-0.2, -0.15) is 0 Å². The zero-order valence-electron chi connectivity index (χ0n) is 10.5. The molecule has 2 heterocycles. The quantitative estimate of drug-likeness (QED) is 0.909. The monoisotopic (exact) mass is 256 g/mol. The maximum Gasteiger partial charge on any atom is 0.161 e. The van der Waals surface area contributed by atoms with Crippen LogP contribution >= 0.6 is 0 Å². The largest absolute Gasteiger partial charge is 0.486 e. The van der Waals surface area contributed by atoms with Crippen LogP contribution in [0.3, 0.4) is 0 Å². The van der Waals surface area contributed by atoms with Gasteiger partial charge in [0.1, 0.15) is 12.7 Å². The summed E-state index contributed by atoms with van der Waals surface area (Å²) in [4.78, 5) is 4.00. The highest BCUT2D eigenvalue weighted by atomic mass is 16.6. The molecule has 2 aromatic rings. The fourth-order valence-electron chi connectivity index (χ4n) is 2.17. The Morgan fingerprint density at radius 2 is 1.89 bits per heavy atom. The molecule has 4 nitrogen and oxygen atoms in total. The van der Waals surface area contributed by atoms with E-state index < -0.39 is 0 Å². The number of nitrogens with zero attached hydrogens (tertiary/aromatic N) is 1. The average molecular weight is 256 g/mol. The van der Waals surface area contributed by atoms with Gasteiger partial charge >= 0.3 is 0 Å². The van der Waals surface area contributed by atoms with Crippen LogP contribution in [-0.2, 0) is 6.42 Å². The van der Waals surface area contributed by atoms with Crippen molar-refractivity contribution in [3.63, 3.8) is 0 Å². The summed E-state index contributed by atoms with van der Waals surface area (Å²) in [6.07, 6.45) is 4.17. The third-order valence-corrected chi connectivity index (χ3v) is 3.23. The van der Waals surface area contributed by atoms with E-state index in [2.05, 4.69) is 4.98 Å². The maximum absolute atomic E-state index is 6.21. The van der Waals surface area contributed by atoms with E-state index in [0.717, 1.165) is 23.5 Å². The molecular formula is C15H16N2O2. The lowest BCUT2D eigenvalue weighted by molar-refractivity contribution is 0.0723. The van der Waals surface area contributed by atoms with Gasteiger partial charge in [-0.3, -0.25) is 4.98 Å². The third kappa shape index (κ3) is 2.69. The molecule has 19 heavy (non-hydrogen) atoms. The summed E-state index contributed by atoms with van der Waals surface area (Å²) < 4.78 is 11.6. The Labute approximate surface area is 112 Å². The minimum Gasteiger partial charge on any atom is -0.486 e. The molecule has 0 aliphatic carbocycles. The van der Waals surface area contributed by atoms with Crippen LogP contribution in [0, 0.1) is 0 Å². The Morgan fingerprint density at radius 3 is 2.68 bits per heavy atom. The van der Waals surface area contributed by atoms with Crippen molar-refractivity contribution in [2.75, 3.05) is 6.61 Å². The van der Waals surface area contributed by atoms with Crippen molar-refractivity contribution >= 4 is 0 Å². The Morgan fingerprint density at radius 1 is 1.16 bits per heavy atom. The first-order chi connectivity index (χ1) is 9.33. The van der Waals surface area contributed by atoms with Gasteiger partial charge in [0.05, 0.1) is 0 Å². The second kappa shape index (κ2) is 5.28. The van der Waals surface area contributed by atoms with E-state index in [1.54, 1.807) is 12.4 Å². The minimum atomic E-state index is -0.122. The molecule has 2 atom stereocenters. The van der Waals surface area contributed by atoms with Crippen LogP contribution < -0.4 is 15.2 Å². The highest BCUT2D eigenvalue weighted by Gasteiger charge is 2.26. The molecule has 3 rings (SSSR count). The van der Waals surface area contributed by atoms with E-state index in [4.69, 9.17) is 15.2 Å². The van der Waals surface area contributed by atoms with Gasteiger partial charge < -0.3 is 15.2 Å². The van der Waals surface area contributed by atoms with Crippen molar-refractivity contribution in [3.8, 4) is 11.5 Å². The van der Waals surface area contributed by atoms with Crippen LogP contribution in [0.15, 0.2) is 48.8 Å². The molecule has 98 valence electrons. The SMILES string of the molecule is N[C@@H](Cc1ccncc1)[C@@H]1COc2ccccc2O1. The summed E-state index contributed by atoms with van der Waals surface area (Å²) in [5, 5.41) is 0. The van der Waals surface area contributed by atoms with Gasteiger partial charge in [-0.25, -0.2) is 0 Å². The second-order valence-corrected chi connectivity index (χ2v) is 4.64. The second-order valence-electron chi connectivity index (χ2n) is 4.64. The predicted octanol–water partition coefficient (Wildman–Crippen LogP) is 1.79. The predicted molar refractivity (Wildman–Crippen MR) is 72.3 cm³/mol. The van der Waals surface area contributed by atoms with Crippen LogP contribution in [-0.4, -0.2) is 23.7 Å². The molecule has 0 spiro atoms. The fraction of sp³-hybridized carbons (Fsp3) is 0.267. The van der Waals surface area contributed by atoms with Gasteiger partial charge in [-0.05, 0) is 36.2 Å². The van der Waals surface area contributed by atoms with Crippen LogP contribution in [0.1, 0.15) is 5.56 Å². The number of hydrogen-bond acceptors (Lipinski definition) is 4. The number of ether oxygens (including phenoxy) is 2. The first kappa shape index (κ1) is 12.0. The zero-order chi connectivity index (χ0) is 13.1. The van der Waals surface area contributed by atoms with Gasteiger partial charge in [0.25, 0.3) is 0 Å². The molecule has 1 aromatic heterocycles. The molecule has 0 fully saturated rings. The minimum absolute atomic E-state index is 0.101. The number of nitrogens with two attached hydrogens (primary N) is 1. The van der Waals surface area contributed by atoms with E-state index in [9.17, 15) is 0 Å². The van der Waals surface area contributed by atoms with Crippen molar-refractivity contribution in [1.82, 2.24) is 4.98 Å². The normalized spacial score (nSPS) is 18.9. The van der Waals surface area contributed by atoms with Gasteiger partial charge in [0.15, 0.2) is 11.5 Å². The topological polar surface area (TPSA) is 57.4 Å². The molecule has 0 radical (unpaired) electrons. The van der Waals surface area contributed by atoms with E-state index >= 15 is 0 Å². The number of para-hydroxylation sites is 2. The summed E-state index contributed by atoms with van der Waals surface area (Å²) >= 11 is 0. The summed E-state index contributed by atoms with van der Waals surface area (Å²) in [6, 6.07) is 11.5. The molecule has 1 aliphatic heterocycles. The molecular weight excluding hydrogens is 240 g/mol. The van der Waals surface area contributed by atoms with Gasteiger partial charge in [0.2, 0.25) is 0 Å². The number of benzene rings is 1. The van der Waals surface area contributed by atoms with Gasteiger partial charge in [-0.1, -0.05) is 12.1 Å². The summed E-state index contributed by atoms with van der Waals surface area (Å²) in [5.41, 5.74) is 7.37. The molecule has 2 N–H and O–H groups in total. The van der Waals surface area contributed by atoms with Crippen LogP contribution in [0.2, 0.25) is 0 Å². The molecule has 0 amide bonds. The molecule has 0 unspecified atom stereocenters. The smallest absolute Gasteiger partial charge is 0.161 e. The zero-order valence-corrected chi connectivity index (χ0v) is 10.5. The molecule has 0 saturated heterocycles. The summed E-state index contributed by atoms with van der Waals surface area (Å²) in [7, 11) is 0. The first-order valence-electron chi connectivity index (χ1n) is 6.36. The molecule has 0 bridgehead atoms. The molecule has 1 aromatic carbocycles. The molecule has 4 heteroatoms. The van der Waals surface area contributed by atoms with Crippen molar-refractivity contribution in [2.24, 2.45) is 5.73 Å². The fourth-order valence-corrected chi connectivity index (χ4v) is 2.17. The standard InChI is InChI=1S/C15H16N2O2/c16-12(9-11-5-7-17-8-6-11)15-10-18-13-3-1-2-4-14(13)19-15/h1-8,12,15H,9-10,16H2/t12-,15-/m0/s1. The number of fused-ring (bicyclic) bond motifs is 1. The van der Waals surface area contributed by atoms with Gasteiger partial charge in [-0.15, -0.1) is 0 Å². The molecule has 1 aliphatic rings. The Kier molecular flexibility index (Phi) is 3.33. The van der Waals surface area contributed by atoms with Crippen LogP contribution in [0.5, 0.6) is 11.5 Å². The van der Waals surface area contributed by atoms with Crippen molar-refractivity contribution < 1.29 is 9.47 Å². The van der Waals surface area contributed by atoms with Crippen molar-refractivity contribution in [1.29, 1.82) is 0 Å². The van der Waals surface area contributed by atoms with Crippen LogP contribution in [0.25, 0.3) is 0 Å². The number of aromatic nitrogens is 1. The third-order valence-electron chi connectivity index (χ3n) is 3.23.